The van der Waals surface area contributed by atoms with E-state index in [1.54, 1.807) is 12.1 Å². The normalized spacial score (nSPS) is 24.5. The summed E-state index contributed by atoms with van der Waals surface area (Å²) in [7, 11) is -3.87. The van der Waals surface area contributed by atoms with Gasteiger partial charge in [0.15, 0.2) is 9.84 Å². The van der Waals surface area contributed by atoms with Crippen molar-refractivity contribution in [1.29, 1.82) is 5.26 Å². The maximum Gasteiger partial charge on any atom is 0.244 e. The molecular formula is C24H28ClN3O4S. The van der Waals surface area contributed by atoms with Crippen molar-refractivity contribution in [3.63, 3.8) is 0 Å². The molecule has 1 N–H and O–H groups in total. The van der Waals surface area contributed by atoms with Crippen LogP contribution in [-0.2, 0) is 19.4 Å². The summed E-state index contributed by atoms with van der Waals surface area (Å²) in [6.07, 6.45) is 10.6. The number of likely N-dealkylation sites (tertiary alicyclic amines) is 1. The summed E-state index contributed by atoms with van der Waals surface area (Å²) < 4.78 is 26.7. The van der Waals surface area contributed by atoms with Crippen LogP contribution in [0.1, 0.15) is 63.4 Å². The van der Waals surface area contributed by atoms with Gasteiger partial charge in [0.05, 0.1) is 21.2 Å². The summed E-state index contributed by atoms with van der Waals surface area (Å²) in [5, 5.41) is 11.1. The minimum Gasteiger partial charge on any atom is -0.336 e. The van der Waals surface area contributed by atoms with Crippen LogP contribution in [0, 0.1) is 11.3 Å². The van der Waals surface area contributed by atoms with Crippen molar-refractivity contribution in [2.75, 3.05) is 6.54 Å². The van der Waals surface area contributed by atoms with Gasteiger partial charge in [0.25, 0.3) is 0 Å². The second-order valence-corrected chi connectivity index (χ2v) is 11.9. The highest BCUT2D eigenvalue weighted by Crippen LogP contribution is 2.36. The van der Waals surface area contributed by atoms with Gasteiger partial charge in [-0.3, -0.25) is 9.59 Å². The number of hydrogen-bond donors (Lipinski definition) is 1. The molecule has 9 heteroatoms. The molecule has 0 bridgehead atoms. The first-order chi connectivity index (χ1) is 15.8. The van der Waals surface area contributed by atoms with E-state index in [-0.39, 0.29) is 22.9 Å². The summed E-state index contributed by atoms with van der Waals surface area (Å²) in [4.78, 5) is 25.4. The smallest absolute Gasteiger partial charge is 0.244 e. The first-order valence-corrected chi connectivity index (χ1v) is 13.4. The molecule has 4 rings (SSSR count). The van der Waals surface area contributed by atoms with Gasteiger partial charge in [-0.05, 0) is 62.6 Å². The van der Waals surface area contributed by atoms with E-state index in [2.05, 4.69) is 17.5 Å². The standard InChI is InChI=1S/C24H28ClN3O4S/c25-20-12-18(11-17-5-3-1-2-4-6-17)7-8-22(20)33(31,32)19-13-21(28(14-19)16-29)23(30)27-24(15-26)9-10-24/h7-8,11-12,16,19,21H,1-6,9-10,13-14H2,(H,27,30). The van der Waals surface area contributed by atoms with Gasteiger partial charge in [-0.1, -0.05) is 42.2 Å². The lowest BCUT2D eigenvalue weighted by Crippen LogP contribution is -2.47. The molecular weight excluding hydrogens is 462 g/mol. The lowest BCUT2D eigenvalue weighted by molar-refractivity contribution is -0.131. The largest absolute Gasteiger partial charge is 0.336 e. The van der Waals surface area contributed by atoms with Crippen LogP contribution in [0.5, 0.6) is 0 Å². The lowest BCUT2D eigenvalue weighted by Gasteiger charge is -2.20. The molecule has 2 amide bonds. The van der Waals surface area contributed by atoms with Gasteiger partial charge < -0.3 is 10.2 Å². The van der Waals surface area contributed by atoms with E-state index in [0.717, 1.165) is 18.4 Å². The van der Waals surface area contributed by atoms with Gasteiger partial charge in [0.1, 0.15) is 11.6 Å². The molecule has 176 valence electrons. The van der Waals surface area contributed by atoms with Gasteiger partial charge in [0, 0.05) is 6.54 Å². The Kier molecular flexibility index (Phi) is 6.83. The minimum absolute atomic E-state index is 0.0137. The quantitative estimate of drug-likeness (QED) is 0.485. The molecule has 2 atom stereocenters. The average Bonchev–Trinajstić information content (AvgIpc) is 3.48. The number of nitrogens with one attached hydrogen (secondary N) is 1. The zero-order chi connectivity index (χ0) is 23.6. The monoisotopic (exact) mass is 489 g/mol. The highest BCUT2D eigenvalue weighted by Gasteiger charge is 2.49. The van der Waals surface area contributed by atoms with Gasteiger partial charge in [-0.25, -0.2) is 8.42 Å². The number of hydrogen-bond acceptors (Lipinski definition) is 5. The lowest BCUT2D eigenvalue weighted by atomic mass is 10.0. The van der Waals surface area contributed by atoms with Crippen LogP contribution in [0.25, 0.3) is 6.08 Å². The Labute approximate surface area is 199 Å². The zero-order valence-corrected chi connectivity index (χ0v) is 20.0. The molecule has 2 saturated carbocycles. The van der Waals surface area contributed by atoms with Crippen molar-refractivity contribution in [3.05, 3.63) is 34.4 Å². The van der Waals surface area contributed by atoms with E-state index in [1.165, 1.54) is 42.2 Å². The van der Waals surface area contributed by atoms with E-state index in [9.17, 15) is 23.3 Å². The van der Waals surface area contributed by atoms with Crippen molar-refractivity contribution in [3.8, 4) is 6.07 Å². The summed E-state index contributed by atoms with van der Waals surface area (Å²) in [5.74, 6) is -0.490. The van der Waals surface area contributed by atoms with Crippen molar-refractivity contribution >= 4 is 39.8 Å². The van der Waals surface area contributed by atoms with Crippen LogP contribution in [0.2, 0.25) is 5.02 Å². The van der Waals surface area contributed by atoms with Gasteiger partial charge in [-0.15, -0.1) is 0 Å². The Morgan fingerprint density at radius 3 is 2.48 bits per heavy atom. The van der Waals surface area contributed by atoms with Crippen LogP contribution in [-0.4, -0.2) is 49.0 Å². The number of rotatable bonds is 6. The minimum atomic E-state index is -3.87. The Morgan fingerprint density at radius 1 is 1.21 bits per heavy atom. The molecule has 3 fully saturated rings. The molecule has 0 spiro atoms. The number of carbonyl (C=O) groups is 2. The molecule has 1 saturated heterocycles. The summed E-state index contributed by atoms with van der Waals surface area (Å²) in [6.45, 7) is -0.0917. The van der Waals surface area contributed by atoms with Crippen LogP contribution in [0.3, 0.4) is 0 Å². The number of benzene rings is 1. The Morgan fingerprint density at radius 2 is 1.91 bits per heavy atom. The number of nitrogens with zero attached hydrogens (tertiary/aromatic N) is 2. The van der Waals surface area contributed by atoms with Crippen LogP contribution < -0.4 is 5.32 Å². The molecule has 2 aliphatic carbocycles. The van der Waals surface area contributed by atoms with Gasteiger partial charge in [-0.2, -0.15) is 5.26 Å². The number of amides is 2. The van der Waals surface area contributed by atoms with E-state index in [4.69, 9.17) is 11.6 Å². The van der Waals surface area contributed by atoms with Crippen LogP contribution in [0.15, 0.2) is 28.7 Å². The van der Waals surface area contributed by atoms with Crippen molar-refractivity contribution in [2.24, 2.45) is 0 Å². The summed E-state index contributed by atoms with van der Waals surface area (Å²) >= 11 is 6.42. The van der Waals surface area contributed by atoms with Gasteiger partial charge in [0.2, 0.25) is 12.3 Å². The molecule has 1 aromatic rings. The van der Waals surface area contributed by atoms with Crippen molar-refractivity contribution in [1.82, 2.24) is 10.2 Å². The predicted molar refractivity (Wildman–Crippen MR) is 125 cm³/mol. The number of sulfone groups is 1. The molecule has 33 heavy (non-hydrogen) atoms. The number of carbonyl (C=O) groups excluding carboxylic acids is 2. The maximum atomic E-state index is 13.4. The van der Waals surface area contributed by atoms with Crippen molar-refractivity contribution < 1.29 is 18.0 Å². The average molecular weight is 490 g/mol. The third kappa shape index (κ3) is 5.10. The third-order valence-electron chi connectivity index (χ3n) is 6.88. The number of nitriles is 1. The van der Waals surface area contributed by atoms with Crippen molar-refractivity contribution in [2.45, 2.75) is 79.5 Å². The topological polar surface area (TPSA) is 107 Å². The van der Waals surface area contributed by atoms with E-state index in [0.29, 0.717) is 19.3 Å². The second kappa shape index (κ2) is 9.47. The molecule has 3 aliphatic rings. The molecule has 1 aliphatic heterocycles. The highest BCUT2D eigenvalue weighted by molar-refractivity contribution is 7.92. The SMILES string of the molecule is N#CC1(NC(=O)C2CC(S(=O)(=O)c3ccc(C=C4CCCCCC4)cc3Cl)CN2C=O)CC1. The molecule has 0 radical (unpaired) electrons. The van der Waals surface area contributed by atoms with Crippen LogP contribution in [0.4, 0.5) is 0 Å². The molecule has 1 heterocycles. The Hall–Kier alpha value is -2.37. The number of allylic oxidation sites excluding steroid dienone is 1. The number of halogens is 1. The first-order valence-electron chi connectivity index (χ1n) is 11.5. The third-order valence-corrected chi connectivity index (χ3v) is 9.50. The van der Waals surface area contributed by atoms with E-state index in [1.807, 2.05) is 0 Å². The van der Waals surface area contributed by atoms with Gasteiger partial charge >= 0.3 is 0 Å². The molecule has 7 nitrogen and oxygen atoms in total. The fraction of sp³-hybridized carbons (Fsp3) is 0.542. The second-order valence-electron chi connectivity index (χ2n) is 9.31. The zero-order valence-electron chi connectivity index (χ0n) is 18.4. The predicted octanol–water partition coefficient (Wildman–Crippen LogP) is 3.62. The summed E-state index contributed by atoms with van der Waals surface area (Å²) in [6, 6.07) is 6.10. The summed E-state index contributed by atoms with van der Waals surface area (Å²) in [5.41, 5.74) is 1.35. The fourth-order valence-corrected chi connectivity index (χ4v) is 6.97. The molecule has 1 aromatic carbocycles. The van der Waals surface area contributed by atoms with E-state index >= 15 is 0 Å². The maximum absolute atomic E-state index is 13.4. The molecule has 2 unspecified atom stereocenters. The van der Waals surface area contributed by atoms with E-state index < -0.39 is 32.6 Å². The Bertz CT molecular complexity index is 1110. The Balaban J connectivity index is 1.51. The highest BCUT2D eigenvalue weighted by atomic mass is 35.5. The molecule has 0 aromatic heterocycles. The van der Waals surface area contributed by atoms with Crippen LogP contribution >= 0.6 is 11.6 Å². The first kappa shape index (κ1) is 23.8. The fourth-order valence-electron chi connectivity index (χ4n) is 4.71.